The predicted molar refractivity (Wildman–Crippen MR) is 129 cm³/mol. The average molecular weight is 420 g/mol. The highest BCUT2D eigenvalue weighted by molar-refractivity contribution is 5.75. The van der Waals surface area contributed by atoms with Crippen LogP contribution in [0, 0.1) is 0 Å². The molecule has 0 atom stereocenters. The van der Waals surface area contributed by atoms with Crippen LogP contribution in [0.25, 0.3) is 0 Å². The van der Waals surface area contributed by atoms with Gasteiger partial charge in [-0.2, -0.15) is 0 Å². The molecule has 0 radical (unpaired) electrons. The number of aryl methyl sites for hydroxylation is 1. The van der Waals surface area contributed by atoms with Crippen molar-refractivity contribution in [1.29, 1.82) is 0 Å². The van der Waals surface area contributed by atoms with E-state index in [1.165, 1.54) is 11.1 Å². The molecule has 164 valence electrons. The van der Waals surface area contributed by atoms with Gasteiger partial charge in [0.2, 0.25) is 6.41 Å². The van der Waals surface area contributed by atoms with Crippen LogP contribution in [0.4, 0.5) is 11.4 Å². The number of hydrogen-bond acceptors (Lipinski definition) is 4. The molecular weight excluding hydrogens is 386 g/mol. The molecule has 5 heteroatoms. The van der Waals surface area contributed by atoms with Crippen LogP contribution >= 0.6 is 0 Å². The fraction of sp³-hybridized carbons (Fsp3) is 0.269. The van der Waals surface area contributed by atoms with Gasteiger partial charge in [0.25, 0.3) is 0 Å². The molecular formula is C26H33N3O2. The second-order valence-corrected chi connectivity index (χ2v) is 7.25. The van der Waals surface area contributed by atoms with Gasteiger partial charge in [-0.25, -0.2) is 0 Å². The predicted octanol–water partition coefficient (Wildman–Crippen LogP) is 4.95. The van der Waals surface area contributed by atoms with Gasteiger partial charge in [-0.05, 0) is 66.8 Å². The van der Waals surface area contributed by atoms with E-state index in [0.717, 1.165) is 42.6 Å². The Morgan fingerprint density at radius 3 is 2.32 bits per heavy atom. The molecule has 0 fully saturated rings. The number of ether oxygens (including phenoxy) is 1. The number of rotatable bonds is 10. The Morgan fingerprint density at radius 1 is 0.903 bits per heavy atom. The van der Waals surface area contributed by atoms with E-state index in [9.17, 15) is 4.79 Å². The number of hydrogen-bond donors (Lipinski definition) is 3. The van der Waals surface area contributed by atoms with Crippen LogP contribution in [0.3, 0.4) is 0 Å². The van der Waals surface area contributed by atoms with Gasteiger partial charge in [0.05, 0.1) is 5.69 Å². The molecule has 5 nitrogen and oxygen atoms in total. The Bertz CT molecular complexity index is 914. The van der Waals surface area contributed by atoms with Crippen molar-refractivity contribution in [2.75, 3.05) is 17.6 Å². The van der Waals surface area contributed by atoms with Gasteiger partial charge in [0.15, 0.2) is 0 Å². The number of amides is 1. The number of carbonyl (C=O) groups is 1. The highest BCUT2D eigenvalue weighted by Crippen LogP contribution is 2.27. The zero-order valence-corrected chi connectivity index (χ0v) is 18.2. The molecule has 0 aliphatic heterocycles. The van der Waals surface area contributed by atoms with Crippen LogP contribution in [-0.2, 0) is 24.2 Å². The van der Waals surface area contributed by atoms with Gasteiger partial charge in [0, 0.05) is 5.69 Å². The lowest BCUT2D eigenvalue weighted by Crippen LogP contribution is -2.02. The number of nitrogen functional groups attached to an aromatic ring is 1. The number of carbonyl (C=O) groups excluding carboxylic acids is 1. The van der Waals surface area contributed by atoms with Crippen LogP contribution in [0.5, 0.6) is 5.75 Å². The topological polar surface area (TPSA) is 90.4 Å². The summed E-state index contributed by atoms with van der Waals surface area (Å²) >= 11 is 0. The van der Waals surface area contributed by atoms with Crippen LogP contribution in [0.15, 0.2) is 72.8 Å². The van der Waals surface area contributed by atoms with Crippen molar-refractivity contribution >= 4 is 17.8 Å². The molecule has 0 aliphatic carbocycles. The molecule has 3 aromatic rings. The summed E-state index contributed by atoms with van der Waals surface area (Å²) in [6, 6.07) is 23.8. The zero-order valence-electron chi connectivity index (χ0n) is 18.2. The minimum atomic E-state index is 0.489. The second kappa shape index (κ2) is 13.8. The molecule has 3 aromatic carbocycles. The Labute approximate surface area is 185 Å². The van der Waals surface area contributed by atoms with E-state index >= 15 is 0 Å². The van der Waals surface area contributed by atoms with Crippen LogP contribution in [-0.4, -0.2) is 13.0 Å². The largest absolute Gasteiger partial charge is 0.487 e. The van der Waals surface area contributed by atoms with E-state index in [-0.39, 0.29) is 0 Å². The monoisotopic (exact) mass is 419 g/mol. The van der Waals surface area contributed by atoms with Crippen LogP contribution < -0.4 is 21.5 Å². The lowest BCUT2D eigenvalue weighted by Gasteiger charge is -2.12. The quantitative estimate of drug-likeness (QED) is 0.320. The summed E-state index contributed by atoms with van der Waals surface area (Å²) in [6.45, 7) is 3.34. The smallest absolute Gasteiger partial charge is 0.211 e. The van der Waals surface area contributed by atoms with Gasteiger partial charge in [-0.15, -0.1) is 0 Å². The molecule has 3 rings (SSSR count). The van der Waals surface area contributed by atoms with Crippen molar-refractivity contribution in [2.24, 2.45) is 5.73 Å². The van der Waals surface area contributed by atoms with Crippen molar-refractivity contribution in [2.45, 2.75) is 39.2 Å². The minimum Gasteiger partial charge on any atom is -0.487 e. The summed E-state index contributed by atoms with van der Waals surface area (Å²) in [5.74, 6) is 0.700. The number of benzene rings is 3. The summed E-state index contributed by atoms with van der Waals surface area (Å²) in [5, 5.41) is 2.72. The first-order valence-electron chi connectivity index (χ1n) is 10.7. The minimum absolute atomic E-state index is 0.489. The summed E-state index contributed by atoms with van der Waals surface area (Å²) in [7, 11) is 0. The SMILES string of the molecule is CCCCc1ccc(OCc2ccccc2)c(NC=O)c1.NCCc1cccc(N)c1. The van der Waals surface area contributed by atoms with E-state index in [2.05, 4.69) is 18.3 Å². The summed E-state index contributed by atoms with van der Waals surface area (Å²) in [4.78, 5) is 10.8. The lowest BCUT2D eigenvalue weighted by atomic mass is 10.1. The zero-order chi connectivity index (χ0) is 22.3. The number of nitrogens with one attached hydrogen (secondary N) is 1. The number of unbranched alkanes of at least 4 members (excludes halogenated alkanes) is 1. The second-order valence-electron chi connectivity index (χ2n) is 7.25. The fourth-order valence-corrected chi connectivity index (χ4v) is 3.07. The number of nitrogens with two attached hydrogens (primary N) is 2. The van der Waals surface area contributed by atoms with Crippen molar-refractivity contribution in [1.82, 2.24) is 0 Å². The third-order valence-electron chi connectivity index (χ3n) is 4.70. The van der Waals surface area contributed by atoms with Gasteiger partial charge in [-0.1, -0.05) is 61.9 Å². The van der Waals surface area contributed by atoms with Crippen molar-refractivity contribution in [3.63, 3.8) is 0 Å². The Kier molecular flexibility index (Phi) is 10.7. The summed E-state index contributed by atoms with van der Waals surface area (Å²) in [6.07, 6.45) is 4.91. The van der Waals surface area contributed by atoms with Crippen LogP contribution in [0.1, 0.15) is 36.5 Å². The van der Waals surface area contributed by atoms with Gasteiger partial charge in [-0.3, -0.25) is 4.79 Å². The molecule has 0 unspecified atom stereocenters. The molecule has 0 bridgehead atoms. The molecule has 31 heavy (non-hydrogen) atoms. The molecule has 0 saturated heterocycles. The standard InChI is InChI=1S/C18H21NO2.C8H12N2/c1-2-3-7-15-10-11-18(17(12-15)19-14-20)21-13-16-8-5-4-6-9-16;9-5-4-7-2-1-3-8(10)6-7/h4-6,8-12,14H,2-3,7,13H2,1H3,(H,19,20);1-3,6H,4-5,9-10H2. The first-order chi connectivity index (χ1) is 15.2. The third-order valence-corrected chi connectivity index (χ3v) is 4.70. The van der Waals surface area contributed by atoms with Gasteiger partial charge >= 0.3 is 0 Å². The Morgan fingerprint density at radius 2 is 1.65 bits per heavy atom. The van der Waals surface area contributed by atoms with Crippen LogP contribution in [0.2, 0.25) is 0 Å². The Balaban J connectivity index is 0.000000285. The maximum absolute atomic E-state index is 10.8. The maximum atomic E-state index is 10.8. The summed E-state index contributed by atoms with van der Waals surface area (Å²) in [5.41, 5.74) is 16.0. The average Bonchev–Trinajstić information content (AvgIpc) is 2.79. The van der Waals surface area contributed by atoms with Gasteiger partial charge < -0.3 is 21.5 Å². The van der Waals surface area contributed by atoms with Crippen molar-refractivity contribution in [3.8, 4) is 5.75 Å². The lowest BCUT2D eigenvalue weighted by molar-refractivity contribution is -0.105. The maximum Gasteiger partial charge on any atom is 0.211 e. The van der Waals surface area contributed by atoms with E-state index in [1.54, 1.807) is 0 Å². The van der Waals surface area contributed by atoms with Gasteiger partial charge in [0.1, 0.15) is 12.4 Å². The normalized spacial score (nSPS) is 10.0. The highest BCUT2D eigenvalue weighted by atomic mass is 16.5. The van der Waals surface area contributed by atoms with E-state index in [0.29, 0.717) is 25.3 Å². The van der Waals surface area contributed by atoms with E-state index in [1.807, 2.05) is 66.7 Å². The third kappa shape index (κ3) is 8.93. The number of anilines is 2. The molecule has 1 amide bonds. The highest BCUT2D eigenvalue weighted by Gasteiger charge is 2.05. The molecule has 0 aliphatic rings. The molecule has 0 spiro atoms. The summed E-state index contributed by atoms with van der Waals surface area (Å²) < 4.78 is 5.81. The molecule has 0 heterocycles. The molecule has 0 saturated carbocycles. The van der Waals surface area contributed by atoms with Crippen molar-refractivity contribution in [3.05, 3.63) is 89.5 Å². The van der Waals surface area contributed by atoms with E-state index < -0.39 is 0 Å². The van der Waals surface area contributed by atoms with E-state index in [4.69, 9.17) is 16.2 Å². The van der Waals surface area contributed by atoms with Crippen molar-refractivity contribution < 1.29 is 9.53 Å². The molecule has 0 aromatic heterocycles. The first kappa shape index (κ1) is 24.0. The first-order valence-corrected chi connectivity index (χ1v) is 10.7. The molecule has 5 N–H and O–H groups in total. The Hall–Kier alpha value is -3.31. The fourth-order valence-electron chi connectivity index (χ4n) is 3.07.